The molecule has 0 radical (unpaired) electrons. The second kappa shape index (κ2) is 11.7. The minimum absolute atomic E-state index is 0.305. The lowest BCUT2D eigenvalue weighted by Crippen LogP contribution is -2.30. The quantitative estimate of drug-likeness (QED) is 0.260. The molecule has 0 bridgehead atoms. The molecule has 6 nitrogen and oxygen atoms in total. The number of rotatable bonds is 10. The number of hydrogen-bond acceptors (Lipinski definition) is 5. The molecule has 0 atom stereocenters. The van der Waals surface area contributed by atoms with E-state index in [-0.39, 0.29) is 0 Å². The molecule has 0 aliphatic carbocycles. The minimum atomic E-state index is -3.50. The number of sulfonamides is 1. The standard InChI is InChI=1S/C28H31N3O3S2/c1-4-30(5-2)36(32,33)26-18-12-23(13-19-26)27-21-35-28(31(27)20-22-10-8-7-9-11-22)29-24-14-16-25(17-15-24)34-6-3/h7-19,21H,4-6,20H2,1-3H3. The molecule has 0 amide bonds. The van der Waals surface area contributed by atoms with E-state index in [4.69, 9.17) is 9.73 Å². The highest BCUT2D eigenvalue weighted by Gasteiger charge is 2.21. The van der Waals surface area contributed by atoms with E-state index >= 15 is 0 Å². The zero-order valence-electron chi connectivity index (χ0n) is 20.8. The molecule has 0 aliphatic heterocycles. The first-order valence-electron chi connectivity index (χ1n) is 12.1. The predicted molar refractivity (Wildman–Crippen MR) is 146 cm³/mol. The molecule has 36 heavy (non-hydrogen) atoms. The van der Waals surface area contributed by atoms with Crippen LogP contribution in [0.2, 0.25) is 0 Å². The maximum Gasteiger partial charge on any atom is 0.243 e. The Morgan fingerprint density at radius 1 is 0.889 bits per heavy atom. The summed E-state index contributed by atoms with van der Waals surface area (Å²) in [6, 6.07) is 25.1. The van der Waals surface area contributed by atoms with E-state index in [1.807, 2.05) is 75.4 Å². The third-order valence-electron chi connectivity index (χ3n) is 5.85. The number of benzene rings is 3. The van der Waals surface area contributed by atoms with Crippen LogP contribution in [0.5, 0.6) is 5.75 Å². The summed E-state index contributed by atoms with van der Waals surface area (Å²) in [6.07, 6.45) is 0. The number of aromatic nitrogens is 1. The third-order valence-corrected chi connectivity index (χ3v) is 8.77. The highest BCUT2D eigenvalue weighted by Crippen LogP contribution is 2.25. The van der Waals surface area contributed by atoms with Crippen molar-refractivity contribution in [2.45, 2.75) is 32.2 Å². The summed E-state index contributed by atoms with van der Waals surface area (Å²) in [6.45, 7) is 7.82. The van der Waals surface area contributed by atoms with E-state index in [1.165, 1.54) is 4.31 Å². The normalized spacial score (nSPS) is 12.3. The topological polar surface area (TPSA) is 63.9 Å². The Labute approximate surface area is 217 Å². The van der Waals surface area contributed by atoms with Gasteiger partial charge in [-0.05, 0) is 54.4 Å². The summed E-state index contributed by atoms with van der Waals surface area (Å²) in [5, 5.41) is 2.07. The average Bonchev–Trinajstić information content (AvgIpc) is 3.28. The van der Waals surface area contributed by atoms with E-state index in [2.05, 4.69) is 22.1 Å². The lowest BCUT2D eigenvalue weighted by Gasteiger charge is -2.18. The Hall–Kier alpha value is -3.20. The molecule has 4 aromatic rings. The van der Waals surface area contributed by atoms with Crippen molar-refractivity contribution in [3.05, 3.63) is 94.6 Å². The highest BCUT2D eigenvalue weighted by atomic mass is 32.2. The van der Waals surface area contributed by atoms with E-state index in [0.29, 0.717) is 31.1 Å². The van der Waals surface area contributed by atoms with Crippen LogP contribution in [0.3, 0.4) is 0 Å². The zero-order valence-corrected chi connectivity index (χ0v) is 22.4. The fraction of sp³-hybridized carbons (Fsp3) is 0.250. The van der Waals surface area contributed by atoms with Crippen LogP contribution in [0.4, 0.5) is 5.69 Å². The van der Waals surface area contributed by atoms with Gasteiger partial charge in [-0.2, -0.15) is 4.31 Å². The van der Waals surface area contributed by atoms with Crippen LogP contribution in [0.25, 0.3) is 11.3 Å². The second-order valence-corrected chi connectivity index (χ2v) is 10.9. The van der Waals surface area contributed by atoms with Crippen molar-refractivity contribution >= 4 is 27.0 Å². The highest BCUT2D eigenvalue weighted by molar-refractivity contribution is 7.89. The maximum absolute atomic E-state index is 12.9. The van der Waals surface area contributed by atoms with E-state index in [0.717, 1.165) is 33.1 Å². The molecule has 0 fully saturated rings. The van der Waals surface area contributed by atoms with Gasteiger partial charge in [-0.25, -0.2) is 13.4 Å². The van der Waals surface area contributed by atoms with Gasteiger partial charge in [0, 0.05) is 18.5 Å². The van der Waals surface area contributed by atoms with Gasteiger partial charge >= 0.3 is 0 Å². The summed E-state index contributed by atoms with van der Waals surface area (Å²) in [5.41, 5.74) is 3.93. The molecule has 4 rings (SSSR count). The van der Waals surface area contributed by atoms with Crippen molar-refractivity contribution in [2.24, 2.45) is 4.99 Å². The molecule has 0 aliphatic rings. The van der Waals surface area contributed by atoms with Gasteiger partial charge in [0.25, 0.3) is 0 Å². The molecule has 0 saturated heterocycles. The first-order valence-corrected chi connectivity index (χ1v) is 14.4. The van der Waals surface area contributed by atoms with E-state index in [9.17, 15) is 8.42 Å². The molecule has 1 aromatic heterocycles. The number of nitrogens with zero attached hydrogens (tertiary/aromatic N) is 3. The Bertz CT molecular complexity index is 1440. The largest absolute Gasteiger partial charge is 0.494 e. The molecule has 0 unspecified atom stereocenters. The van der Waals surface area contributed by atoms with Crippen molar-refractivity contribution in [3.63, 3.8) is 0 Å². The first-order chi connectivity index (χ1) is 17.5. The fourth-order valence-electron chi connectivity index (χ4n) is 3.97. The van der Waals surface area contributed by atoms with Crippen LogP contribution >= 0.6 is 11.3 Å². The predicted octanol–water partition coefficient (Wildman–Crippen LogP) is 5.93. The lowest BCUT2D eigenvalue weighted by molar-refractivity contribution is 0.340. The summed E-state index contributed by atoms with van der Waals surface area (Å²) in [5.74, 6) is 0.820. The van der Waals surface area contributed by atoms with Crippen LogP contribution < -0.4 is 9.54 Å². The monoisotopic (exact) mass is 521 g/mol. The average molecular weight is 522 g/mol. The Morgan fingerprint density at radius 3 is 2.17 bits per heavy atom. The van der Waals surface area contributed by atoms with Crippen molar-refractivity contribution in [1.29, 1.82) is 0 Å². The van der Waals surface area contributed by atoms with Crippen LogP contribution in [0.15, 0.2) is 94.1 Å². The Balaban J connectivity index is 1.75. The van der Waals surface area contributed by atoms with Gasteiger partial charge in [0.05, 0.1) is 29.4 Å². The van der Waals surface area contributed by atoms with Crippen molar-refractivity contribution in [2.75, 3.05) is 19.7 Å². The van der Waals surface area contributed by atoms with Gasteiger partial charge in [-0.15, -0.1) is 11.3 Å². The van der Waals surface area contributed by atoms with Crippen LogP contribution in [0, 0.1) is 0 Å². The summed E-state index contributed by atoms with van der Waals surface area (Å²) in [4.78, 5) is 6.07. The van der Waals surface area contributed by atoms with Crippen LogP contribution in [-0.4, -0.2) is 37.0 Å². The van der Waals surface area contributed by atoms with Gasteiger partial charge in [0.15, 0.2) is 4.80 Å². The number of hydrogen-bond donors (Lipinski definition) is 0. The summed E-state index contributed by atoms with van der Waals surface area (Å²) in [7, 11) is -3.50. The second-order valence-electron chi connectivity index (χ2n) is 8.13. The van der Waals surface area contributed by atoms with E-state index in [1.54, 1.807) is 23.5 Å². The molecular weight excluding hydrogens is 490 g/mol. The molecule has 0 saturated carbocycles. The molecule has 1 heterocycles. The van der Waals surface area contributed by atoms with Gasteiger partial charge in [-0.3, -0.25) is 0 Å². The summed E-state index contributed by atoms with van der Waals surface area (Å²) < 4.78 is 35.0. The Morgan fingerprint density at radius 2 is 1.56 bits per heavy atom. The van der Waals surface area contributed by atoms with Gasteiger partial charge in [-0.1, -0.05) is 56.3 Å². The fourth-order valence-corrected chi connectivity index (χ4v) is 6.36. The van der Waals surface area contributed by atoms with Crippen molar-refractivity contribution < 1.29 is 13.2 Å². The molecular formula is C28H31N3O3S2. The van der Waals surface area contributed by atoms with Crippen LogP contribution in [0.1, 0.15) is 26.3 Å². The zero-order chi connectivity index (χ0) is 25.5. The van der Waals surface area contributed by atoms with Crippen molar-refractivity contribution in [1.82, 2.24) is 8.87 Å². The maximum atomic E-state index is 12.9. The number of thiazole rings is 1. The first kappa shape index (κ1) is 25.9. The van der Waals surface area contributed by atoms with Gasteiger partial charge < -0.3 is 9.30 Å². The summed E-state index contributed by atoms with van der Waals surface area (Å²) >= 11 is 1.56. The molecule has 188 valence electrons. The lowest BCUT2D eigenvalue weighted by atomic mass is 10.1. The molecule has 0 N–H and O–H groups in total. The SMILES string of the molecule is CCOc1ccc(N=c2scc(-c3ccc(S(=O)(=O)N(CC)CC)cc3)n2Cc2ccccc2)cc1. The third kappa shape index (κ3) is 5.78. The molecule has 0 spiro atoms. The van der Waals surface area contributed by atoms with Gasteiger partial charge in [0.2, 0.25) is 10.0 Å². The molecule has 8 heteroatoms. The Kier molecular flexibility index (Phi) is 8.40. The van der Waals surface area contributed by atoms with Crippen LogP contribution in [-0.2, 0) is 16.6 Å². The molecule has 3 aromatic carbocycles. The minimum Gasteiger partial charge on any atom is -0.494 e. The van der Waals surface area contributed by atoms with E-state index < -0.39 is 10.0 Å². The van der Waals surface area contributed by atoms with Gasteiger partial charge in [0.1, 0.15) is 5.75 Å². The number of ether oxygens (including phenoxy) is 1. The smallest absolute Gasteiger partial charge is 0.243 e. The van der Waals surface area contributed by atoms with Crippen molar-refractivity contribution in [3.8, 4) is 17.0 Å².